The van der Waals surface area contributed by atoms with E-state index in [0.29, 0.717) is 12.2 Å². The summed E-state index contributed by atoms with van der Waals surface area (Å²) in [6, 6.07) is 26.4. The first-order valence-corrected chi connectivity index (χ1v) is 13.8. The number of benzene rings is 3. The van der Waals surface area contributed by atoms with Crippen LogP contribution in [0.2, 0.25) is 0 Å². The van der Waals surface area contributed by atoms with E-state index in [0.717, 1.165) is 62.3 Å². The molecule has 1 aromatic heterocycles. The molecule has 6 heteroatoms. The molecule has 1 aliphatic rings. The number of hydrogen-bond donors (Lipinski definition) is 0. The largest absolute Gasteiger partial charge is 0.497 e. The number of hydrogen-bond acceptors (Lipinski definition) is 5. The van der Waals surface area contributed by atoms with Gasteiger partial charge < -0.3 is 14.4 Å². The van der Waals surface area contributed by atoms with Gasteiger partial charge in [0.25, 0.3) is 5.91 Å². The second-order valence-electron chi connectivity index (χ2n) is 10.3. The zero-order valence-electron chi connectivity index (χ0n) is 22.9. The van der Waals surface area contributed by atoms with Crippen molar-refractivity contribution < 1.29 is 14.3 Å². The molecule has 202 valence electrons. The van der Waals surface area contributed by atoms with Crippen LogP contribution in [0.25, 0.3) is 10.9 Å². The van der Waals surface area contributed by atoms with E-state index in [2.05, 4.69) is 59.4 Å². The van der Waals surface area contributed by atoms with Gasteiger partial charge in [0.1, 0.15) is 11.5 Å². The maximum Gasteiger partial charge on any atom is 0.254 e. The maximum atomic E-state index is 13.2. The average Bonchev–Trinajstić information content (AvgIpc) is 2.97. The van der Waals surface area contributed by atoms with Crippen LogP contribution < -0.4 is 9.47 Å². The maximum absolute atomic E-state index is 13.2. The van der Waals surface area contributed by atoms with Crippen molar-refractivity contribution in [1.82, 2.24) is 14.8 Å². The molecule has 3 aromatic carbocycles. The standard InChI is InChI=1S/C33H37N3O3/c1-35(24-28-10-6-9-26-11-7-19-34-32(26)28)23-25-8-5-13-31(22-25)39-21-18-29-12-3-4-20-36(29)33(37)27-14-16-30(38-2)17-15-27/h5-11,13-17,19,22,29H,3-4,12,18,20-21,23-24H2,1-2H3. The minimum Gasteiger partial charge on any atom is -0.497 e. The molecular formula is C33H37N3O3. The second kappa shape index (κ2) is 12.8. The second-order valence-corrected chi connectivity index (χ2v) is 10.3. The number of rotatable bonds is 10. The fourth-order valence-electron chi connectivity index (χ4n) is 5.47. The van der Waals surface area contributed by atoms with Crippen molar-refractivity contribution in [1.29, 1.82) is 0 Å². The Balaban J connectivity index is 1.15. The lowest BCUT2D eigenvalue weighted by Gasteiger charge is -2.36. The predicted octanol–water partition coefficient (Wildman–Crippen LogP) is 6.34. The van der Waals surface area contributed by atoms with Crippen LogP contribution >= 0.6 is 0 Å². The Morgan fingerprint density at radius 2 is 1.79 bits per heavy atom. The molecule has 1 unspecified atom stereocenters. The van der Waals surface area contributed by atoms with Crippen LogP contribution in [-0.4, -0.2) is 54.0 Å². The third-order valence-electron chi connectivity index (χ3n) is 7.45. The summed E-state index contributed by atoms with van der Waals surface area (Å²) >= 11 is 0. The van der Waals surface area contributed by atoms with Crippen molar-refractivity contribution in [3.8, 4) is 11.5 Å². The van der Waals surface area contributed by atoms with Crippen molar-refractivity contribution in [2.75, 3.05) is 27.3 Å². The van der Waals surface area contributed by atoms with E-state index in [1.807, 2.05) is 47.5 Å². The van der Waals surface area contributed by atoms with Gasteiger partial charge in [0.05, 0.1) is 19.2 Å². The quantitative estimate of drug-likeness (QED) is 0.243. The highest BCUT2D eigenvalue weighted by molar-refractivity contribution is 5.94. The van der Waals surface area contributed by atoms with Crippen molar-refractivity contribution in [2.45, 2.75) is 44.8 Å². The summed E-state index contributed by atoms with van der Waals surface area (Å²) in [5.74, 6) is 1.72. The van der Waals surface area contributed by atoms with Crippen LogP contribution in [0.3, 0.4) is 0 Å². The van der Waals surface area contributed by atoms with E-state index in [9.17, 15) is 4.79 Å². The summed E-state index contributed by atoms with van der Waals surface area (Å²) in [7, 11) is 3.77. The molecule has 2 heterocycles. The molecule has 1 atom stereocenters. The Morgan fingerprint density at radius 3 is 2.64 bits per heavy atom. The smallest absolute Gasteiger partial charge is 0.254 e. The van der Waals surface area contributed by atoms with Crippen LogP contribution in [0.1, 0.15) is 47.2 Å². The fraction of sp³-hybridized carbons (Fsp3) is 0.333. The van der Waals surface area contributed by atoms with Crippen molar-refractivity contribution in [3.05, 3.63) is 102 Å². The van der Waals surface area contributed by atoms with Gasteiger partial charge in [0.2, 0.25) is 0 Å². The number of ether oxygens (including phenoxy) is 2. The van der Waals surface area contributed by atoms with Crippen LogP contribution in [0.5, 0.6) is 11.5 Å². The van der Waals surface area contributed by atoms with Gasteiger partial charge in [0.15, 0.2) is 0 Å². The molecule has 0 spiro atoms. The summed E-state index contributed by atoms with van der Waals surface area (Å²) in [6.45, 7) is 3.01. The van der Waals surface area contributed by atoms with Crippen molar-refractivity contribution in [3.63, 3.8) is 0 Å². The molecule has 0 radical (unpaired) electrons. The van der Waals surface area contributed by atoms with Crippen molar-refractivity contribution in [2.24, 2.45) is 0 Å². The number of fused-ring (bicyclic) bond motifs is 1. The van der Waals surface area contributed by atoms with Gasteiger partial charge in [-0.25, -0.2) is 0 Å². The summed E-state index contributed by atoms with van der Waals surface area (Å²) in [4.78, 5) is 22.1. The van der Waals surface area contributed by atoms with E-state index in [1.54, 1.807) is 7.11 Å². The Labute approximate surface area is 231 Å². The highest BCUT2D eigenvalue weighted by Crippen LogP contribution is 2.24. The Kier molecular flexibility index (Phi) is 8.74. The van der Waals surface area contributed by atoms with Gasteiger partial charge in [-0.1, -0.05) is 36.4 Å². The highest BCUT2D eigenvalue weighted by Gasteiger charge is 2.27. The van der Waals surface area contributed by atoms with Crippen LogP contribution in [0.4, 0.5) is 0 Å². The highest BCUT2D eigenvalue weighted by atomic mass is 16.5. The van der Waals surface area contributed by atoms with E-state index in [4.69, 9.17) is 9.47 Å². The molecular weight excluding hydrogens is 486 g/mol. The minimum atomic E-state index is 0.0915. The molecule has 1 fully saturated rings. The molecule has 1 amide bonds. The molecule has 0 saturated carbocycles. The van der Waals surface area contributed by atoms with Crippen LogP contribution in [0, 0.1) is 0 Å². The van der Waals surface area contributed by atoms with Gasteiger partial charge in [-0.15, -0.1) is 0 Å². The predicted molar refractivity (Wildman–Crippen MR) is 155 cm³/mol. The third kappa shape index (κ3) is 6.76. The van der Waals surface area contributed by atoms with Gasteiger partial charge in [0, 0.05) is 49.2 Å². The summed E-state index contributed by atoms with van der Waals surface area (Å²) < 4.78 is 11.4. The number of nitrogens with zero attached hydrogens (tertiary/aromatic N) is 3. The van der Waals surface area contributed by atoms with Crippen LogP contribution in [-0.2, 0) is 13.1 Å². The van der Waals surface area contributed by atoms with E-state index in [1.165, 1.54) is 16.5 Å². The molecule has 0 N–H and O–H groups in total. The number of carbonyl (C=O) groups is 1. The van der Waals surface area contributed by atoms with Crippen molar-refractivity contribution >= 4 is 16.8 Å². The third-order valence-corrected chi connectivity index (χ3v) is 7.45. The van der Waals surface area contributed by atoms with Crippen LogP contribution in [0.15, 0.2) is 85.1 Å². The topological polar surface area (TPSA) is 54.9 Å². The Morgan fingerprint density at radius 1 is 0.974 bits per heavy atom. The molecule has 6 nitrogen and oxygen atoms in total. The van der Waals surface area contributed by atoms with E-state index >= 15 is 0 Å². The zero-order chi connectivity index (χ0) is 27.0. The number of methoxy groups -OCH3 is 1. The van der Waals surface area contributed by atoms with Gasteiger partial charge in [-0.05, 0) is 79.9 Å². The number of aromatic nitrogens is 1. The summed E-state index contributed by atoms with van der Waals surface area (Å²) in [5.41, 5.74) is 4.20. The van der Waals surface area contributed by atoms with E-state index in [-0.39, 0.29) is 11.9 Å². The first kappa shape index (κ1) is 26.7. The molecule has 1 saturated heterocycles. The number of amides is 1. The Bertz CT molecular complexity index is 1380. The zero-order valence-corrected chi connectivity index (χ0v) is 22.9. The number of pyridine rings is 1. The lowest BCUT2D eigenvalue weighted by atomic mass is 9.98. The number of para-hydroxylation sites is 1. The molecule has 0 bridgehead atoms. The first-order chi connectivity index (χ1) is 19.1. The fourth-order valence-corrected chi connectivity index (χ4v) is 5.47. The summed E-state index contributed by atoms with van der Waals surface area (Å²) in [6.07, 6.45) is 5.88. The van der Waals surface area contributed by atoms with Gasteiger partial charge >= 0.3 is 0 Å². The first-order valence-electron chi connectivity index (χ1n) is 13.8. The monoisotopic (exact) mass is 523 g/mol. The lowest BCUT2D eigenvalue weighted by Crippen LogP contribution is -2.44. The average molecular weight is 524 g/mol. The SMILES string of the molecule is COc1ccc(C(=O)N2CCCCC2CCOc2cccc(CN(C)Cc3cccc4cccnc34)c2)cc1. The lowest BCUT2D eigenvalue weighted by molar-refractivity contribution is 0.0580. The Hall–Kier alpha value is -3.90. The van der Waals surface area contributed by atoms with Gasteiger partial charge in [-0.3, -0.25) is 14.7 Å². The van der Waals surface area contributed by atoms with Gasteiger partial charge in [-0.2, -0.15) is 0 Å². The number of carbonyl (C=O) groups excluding carboxylic acids is 1. The van der Waals surface area contributed by atoms with E-state index < -0.39 is 0 Å². The summed E-state index contributed by atoms with van der Waals surface area (Å²) in [5, 5.41) is 1.17. The molecule has 0 aliphatic carbocycles. The molecule has 5 rings (SSSR count). The number of piperidine rings is 1. The molecule has 4 aromatic rings. The normalized spacial score (nSPS) is 15.5. The molecule has 1 aliphatic heterocycles. The number of likely N-dealkylation sites (tertiary alicyclic amines) is 1. The molecule has 39 heavy (non-hydrogen) atoms. The minimum absolute atomic E-state index is 0.0915.